The van der Waals surface area contributed by atoms with E-state index in [1.165, 1.54) is 30.3 Å². The van der Waals surface area contributed by atoms with Crippen molar-refractivity contribution in [2.45, 2.75) is 18.7 Å². The monoisotopic (exact) mass is 402 g/mol. The summed E-state index contributed by atoms with van der Waals surface area (Å²) in [5.74, 6) is -0.851. The van der Waals surface area contributed by atoms with Gasteiger partial charge < -0.3 is 10.1 Å². The van der Waals surface area contributed by atoms with Crippen LogP contribution in [0.2, 0.25) is 0 Å². The van der Waals surface area contributed by atoms with Crippen LogP contribution in [0.3, 0.4) is 0 Å². The molecule has 0 saturated heterocycles. The summed E-state index contributed by atoms with van der Waals surface area (Å²) in [5, 5.41) is 2.71. The van der Waals surface area contributed by atoms with Gasteiger partial charge in [-0.2, -0.15) is 0 Å². The number of rotatable bonds is 8. The number of sulfonamides is 1. The van der Waals surface area contributed by atoms with Gasteiger partial charge in [0.05, 0.1) is 11.5 Å². The van der Waals surface area contributed by atoms with Gasteiger partial charge in [0.2, 0.25) is 10.0 Å². The highest BCUT2D eigenvalue weighted by Gasteiger charge is 2.15. The Bertz CT molecular complexity index is 966. The van der Waals surface area contributed by atoms with E-state index in [9.17, 15) is 18.0 Å². The van der Waals surface area contributed by atoms with E-state index in [0.29, 0.717) is 12.3 Å². The fraction of sp³-hybridized carbons (Fsp3) is 0.200. The molecule has 0 heterocycles. The summed E-state index contributed by atoms with van der Waals surface area (Å²) in [7, 11) is -3.64. The molecule has 2 aromatic carbocycles. The predicted molar refractivity (Wildman–Crippen MR) is 107 cm³/mol. The summed E-state index contributed by atoms with van der Waals surface area (Å²) in [6, 6.07) is 12.6. The quantitative estimate of drug-likeness (QED) is 0.522. The van der Waals surface area contributed by atoms with Crippen LogP contribution in [0.5, 0.6) is 0 Å². The summed E-state index contributed by atoms with van der Waals surface area (Å²) in [6.07, 6.45) is 2.94. The first-order valence-electron chi connectivity index (χ1n) is 8.71. The second kappa shape index (κ2) is 9.82. The number of nitrogens with one attached hydrogen (secondary N) is 2. The van der Waals surface area contributed by atoms with Crippen LogP contribution in [0.1, 0.15) is 29.8 Å². The lowest BCUT2D eigenvalue weighted by Crippen LogP contribution is -2.23. The zero-order valence-corrected chi connectivity index (χ0v) is 16.5. The van der Waals surface area contributed by atoms with Gasteiger partial charge in [0.15, 0.2) is 0 Å². The maximum atomic E-state index is 12.4. The van der Waals surface area contributed by atoms with Crippen LogP contribution in [0.4, 0.5) is 5.69 Å². The van der Waals surface area contributed by atoms with Crippen molar-refractivity contribution in [1.82, 2.24) is 4.72 Å². The average molecular weight is 402 g/mol. The third-order valence-corrected chi connectivity index (χ3v) is 5.15. The lowest BCUT2D eigenvalue weighted by atomic mass is 10.1. The third-order valence-electron chi connectivity index (χ3n) is 3.61. The van der Waals surface area contributed by atoms with Crippen molar-refractivity contribution in [2.75, 3.05) is 18.5 Å². The molecule has 0 saturated carbocycles. The van der Waals surface area contributed by atoms with Gasteiger partial charge >= 0.3 is 5.97 Å². The fourth-order valence-electron chi connectivity index (χ4n) is 2.31. The van der Waals surface area contributed by atoms with Crippen LogP contribution >= 0.6 is 0 Å². The minimum atomic E-state index is -3.64. The minimum absolute atomic E-state index is 0.0291. The molecule has 1 amide bonds. The molecule has 0 aliphatic carbocycles. The van der Waals surface area contributed by atoms with Crippen molar-refractivity contribution in [2.24, 2.45) is 0 Å². The number of esters is 1. The topological polar surface area (TPSA) is 102 Å². The molecule has 0 atom stereocenters. The van der Waals surface area contributed by atoms with E-state index >= 15 is 0 Å². The van der Waals surface area contributed by atoms with Gasteiger partial charge in [0, 0.05) is 23.9 Å². The first-order valence-corrected chi connectivity index (χ1v) is 10.2. The first-order chi connectivity index (χ1) is 13.4. The van der Waals surface area contributed by atoms with Gasteiger partial charge in [-0.1, -0.05) is 25.1 Å². The highest BCUT2D eigenvalue weighted by atomic mass is 32.2. The van der Waals surface area contributed by atoms with Crippen molar-refractivity contribution in [3.05, 3.63) is 65.7 Å². The van der Waals surface area contributed by atoms with Crippen LogP contribution in [0.15, 0.2) is 59.5 Å². The molecule has 0 aliphatic heterocycles. The number of carbonyl (C=O) groups is 2. The largest absolute Gasteiger partial charge is 0.463 e. The smallest absolute Gasteiger partial charge is 0.330 e. The fourth-order valence-corrected chi connectivity index (χ4v) is 3.40. The molecule has 0 fully saturated rings. The number of carbonyl (C=O) groups excluding carboxylic acids is 2. The van der Waals surface area contributed by atoms with Crippen LogP contribution in [0.25, 0.3) is 6.08 Å². The maximum absolute atomic E-state index is 12.4. The number of hydrogen-bond acceptors (Lipinski definition) is 5. The van der Waals surface area contributed by atoms with Crippen LogP contribution in [-0.4, -0.2) is 33.4 Å². The van der Waals surface area contributed by atoms with E-state index < -0.39 is 21.9 Å². The highest BCUT2D eigenvalue weighted by Crippen LogP contribution is 2.15. The van der Waals surface area contributed by atoms with Crippen molar-refractivity contribution < 1.29 is 22.7 Å². The molecule has 2 aromatic rings. The van der Waals surface area contributed by atoms with Gasteiger partial charge in [0.1, 0.15) is 0 Å². The second-order valence-corrected chi connectivity index (χ2v) is 7.46. The number of benzene rings is 2. The van der Waals surface area contributed by atoms with E-state index in [1.807, 2.05) is 0 Å². The van der Waals surface area contributed by atoms with Crippen molar-refractivity contribution in [1.29, 1.82) is 0 Å². The number of anilines is 1. The molecule has 7 nitrogen and oxygen atoms in total. The summed E-state index contributed by atoms with van der Waals surface area (Å²) < 4.78 is 31.3. The predicted octanol–water partition coefficient (Wildman–Crippen LogP) is 2.81. The van der Waals surface area contributed by atoms with Crippen molar-refractivity contribution >= 4 is 33.7 Å². The molecule has 0 unspecified atom stereocenters. The van der Waals surface area contributed by atoms with Crippen molar-refractivity contribution in [3.8, 4) is 0 Å². The Kier molecular flexibility index (Phi) is 7.48. The molecule has 8 heteroatoms. The first kappa shape index (κ1) is 21.3. The molecule has 2 rings (SSSR count). The van der Waals surface area contributed by atoms with E-state index in [4.69, 9.17) is 4.74 Å². The Balaban J connectivity index is 2.08. The molecular formula is C20H22N2O5S. The number of amides is 1. The Morgan fingerprint density at radius 3 is 2.43 bits per heavy atom. The van der Waals surface area contributed by atoms with E-state index in [1.54, 1.807) is 44.2 Å². The van der Waals surface area contributed by atoms with Crippen LogP contribution < -0.4 is 10.0 Å². The summed E-state index contributed by atoms with van der Waals surface area (Å²) in [4.78, 5) is 23.8. The summed E-state index contributed by atoms with van der Waals surface area (Å²) in [5.41, 5.74) is 1.54. The molecule has 0 bridgehead atoms. The van der Waals surface area contributed by atoms with E-state index in [0.717, 1.165) is 5.56 Å². The van der Waals surface area contributed by atoms with Gasteiger partial charge in [0.25, 0.3) is 5.91 Å². The molecule has 0 aromatic heterocycles. The van der Waals surface area contributed by atoms with Crippen molar-refractivity contribution in [3.63, 3.8) is 0 Å². The van der Waals surface area contributed by atoms with Gasteiger partial charge in [-0.15, -0.1) is 0 Å². The zero-order valence-electron chi connectivity index (χ0n) is 15.6. The van der Waals surface area contributed by atoms with E-state index in [-0.39, 0.29) is 17.0 Å². The second-order valence-electron chi connectivity index (χ2n) is 5.69. The standard InChI is InChI=1S/C20H22N2O5S/c1-3-21-28(25,26)18-7-5-6-16(14-18)20(24)22-17-11-8-15(9-12-17)10-13-19(23)27-4-2/h5-14,21H,3-4H2,1-2H3,(H,22,24)/b13-10+. The Morgan fingerprint density at radius 1 is 1.07 bits per heavy atom. The maximum Gasteiger partial charge on any atom is 0.330 e. The number of hydrogen-bond donors (Lipinski definition) is 2. The average Bonchev–Trinajstić information content (AvgIpc) is 2.68. The minimum Gasteiger partial charge on any atom is -0.463 e. The van der Waals surface area contributed by atoms with Gasteiger partial charge in [-0.25, -0.2) is 17.9 Å². The molecular weight excluding hydrogens is 380 g/mol. The molecule has 28 heavy (non-hydrogen) atoms. The molecule has 0 aliphatic rings. The Hall–Kier alpha value is -2.97. The lowest BCUT2D eigenvalue weighted by molar-refractivity contribution is -0.137. The Labute approximate surface area is 164 Å². The van der Waals surface area contributed by atoms with Crippen LogP contribution in [0, 0.1) is 0 Å². The summed E-state index contributed by atoms with van der Waals surface area (Å²) in [6.45, 7) is 3.98. The normalized spacial score (nSPS) is 11.4. The van der Waals surface area contributed by atoms with Gasteiger partial charge in [-0.05, 0) is 48.9 Å². The Morgan fingerprint density at radius 2 is 1.79 bits per heavy atom. The van der Waals surface area contributed by atoms with Crippen LogP contribution in [-0.2, 0) is 19.6 Å². The lowest BCUT2D eigenvalue weighted by Gasteiger charge is -2.08. The molecule has 2 N–H and O–H groups in total. The van der Waals surface area contributed by atoms with Gasteiger partial charge in [-0.3, -0.25) is 4.79 Å². The molecule has 0 spiro atoms. The third kappa shape index (κ3) is 6.04. The SMILES string of the molecule is CCNS(=O)(=O)c1cccc(C(=O)Nc2ccc(/C=C/C(=O)OCC)cc2)c1. The summed E-state index contributed by atoms with van der Waals surface area (Å²) >= 11 is 0. The number of ether oxygens (including phenoxy) is 1. The van der Waals surface area contributed by atoms with E-state index in [2.05, 4.69) is 10.0 Å². The molecule has 148 valence electrons. The zero-order chi connectivity index (χ0) is 20.6. The highest BCUT2D eigenvalue weighted by molar-refractivity contribution is 7.89. The molecule has 0 radical (unpaired) electrons.